The number of benzene rings is 2. The highest BCUT2D eigenvalue weighted by atomic mass is 35.5. The van der Waals surface area contributed by atoms with Gasteiger partial charge in [0.15, 0.2) is 5.65 Å². The van der Waals surface area contributed by atoms with Crippen LogP contribution in [-0.2, 0) is 23.0 Å². The molecule has 0 N–H and O–H groups in total. The first-order valence-corrected chi connectivity index (χ1v) is 11.4. The fourth-order valence-electron chi connectivity index (χ4n) is 3.40. The Morgan fingerprint density at radius 2 is 1.80 bits per heavy atom. The minimum atomic E-state index is -3.93. The lowest BCUT2D eigenvalue weighted by molar-refractivity contribution is 0.590. The Hall–Kier alpha value is -2.90. The molecule has 0 fully saturated rings. The minimum absolute atomic E-state index is 0.111. The highest BCUT2D eigenvalue weighted by molar-refractivity contribution is 7.93. The van der Waals surface area contributed by atoms with Gasteiger partial charge in [0.1, 0.15) is 10.7 Å². The maximum absolute atomic E-state index is 13.8. The van der Waals surface area contributed by atoms with E-state index < -0.39 is 10.0 Å². The highest BCUT2D eigenvalue weighted by Gasteiger charge is 2.29. The van der Waals surface area contributed by atoms with Crippen molar-refractivity contribution in [3.05, 3.63) is 88.8 Å². The number of fused-ring (bicyclic) bond motifs is 1. The zero-order valence-corrected chi connectivity index (χ0v) is 18.2. The molecule has 4 rings (SSSR count). The molecule has 2 aromatic heterocycles. The van der Waals surface area contributed by atoms with Crippen LogP contribution in [-0.4, -0.2) is 23.0 Å². The van der Waals surface area contributed by atoms with Gasteiger partial charge in [0.05, 0.1) is 12.2 Å². The number of hydrogen-bond donors (Lipinski definition) is 0. The van der Waals surface area contributed by atoms with Gasteiger partial charge in [0, 0.05) is 17.6 Å². The van der Waals surface area contributed by atoms with Crippen LogP contribution in [0.1, 0.15) is 23.9 Å². The average Bonchev–Trinajstić information content (AvgIpc) is 3.16. The molecule has 0 amide bonds. The van der Waals surface area contributed by atoms with Crippen LogP contribution in [0.15, 0.2) is 71.8 Å². The maximum atomic E-state index is 13.8. The summed E-state index contributed by atoms with van der Waals surface area (Å²) in [5.41, 5.74) is 2.79. The lowest BCUT2D eigenvalue weighted by Gasteiger charge is -2.25. The second-order valence-corrected chi connectivity index (χ2v) is 9.28. The number of anilines is 1. The molecule has 0 spiro atoms. The molecule has 154 valence electrons. The van der Waals surface area contributed by atoms with E-state index in [4.69, 9.17) is 11.6 Å². The molecular weight excluding hydrogens is 420 g/mol. The molecule has 8 heteroatoms. The maximum Gasteiger partial charge on any atom is 0.268 e. The quantitative estimate of drug-likeness (QED) is 0.437. The van der Waals surface area contributed by atoms with E-state index in [1.54, 1.807) is 47.0 Å². The zero-order valence-electron chi connectivity index (χ0n) is 16.7. The lowest BCUT2D eigenvalue weighted by atomic mass is 10.1. The molecule has 0 atom stereocenters. The molecule has 6 nitrogen and oxygen atoms in total. The average molecular weight is 441 g/mol. The largest absolute Gasteiger partial charge is 0.285 e. The third-order valence-corrected chi connectivity index (χ3v) is 6.92. The summed E-state index contributed by atoms with van der Waals surface area (Å²) in [7, 11) is -3.93. The Labute approximate surface area is 180 Å². The third-order valence-electron chi connectivity index (χ3n) is 4.88. The number of halogens is 1. The number of rotatable bonds is 6. The molecule has 0 saturated heterocycles. The third kappa shape index (κ3) is 3.78. The van der Waals surface area contributed by atoms with Gasteiger partial charge in [-0.2, -0.15) is 0 Å². The summed E-state index contributed by atoms with van der Waals surface area (Å²) in [5.74, 6) is 0.707. The van der Waals surface area contributed by atoms with Crippen molar-refractivity contribution >= 4 is 33.0 Å². The molecule has 2 heterocycles. The number of nitrogens with zero attached hydrogens (tertiary/aromatic N) is 4. The SMILES string of the molecule is CCc1nnc2c(S(=O)(=O)N(Cc3cccc(C)c3)c3ccc(Cl)cc3)cccn12. The monoisotopic (exact) mass is 440 g/mol. The Bertz CT molecular complexity index is 1300. The summed E-state index contributed by atoms with van der Waals surface area (Å²) < 4.78 is 30.8. The van der Waals surface area contributed by atoms with Gasteiger partial charge in [-0.25, -0.2) is 8.42 Å². The standard InChI is InChI=1S/C22H21ClN4O2S/c1-3-21-24-25-22-20(8-5-13-26(21)22)30(28,29)27(19-11-9-18(23)10-12-19)15-17-7-4-6-16(2)14-17/h4-14H,3,15H2,1-2H3. The summed E-state index contributed by atoms with van der Waals surface area (Å²) in [5, 5.41) is 8.83. The summed E-state index contributed by atoms with van der Waals surface area (Å²) in [6.07, 6.45) is 2.43. The topological polar surface area (TPSA) is 67.6 Å². The second kappa shape index (κ2) is 8.08. The first-order valence-electron chi connectivity index (χ1n) is 9.56. The molecule has 0 unspecified atom stereocenters. The fraction of sp³-hybridized carbons (Fsp3) is 0.182. The Balaban J connectivity index is 1.87. The van der Waals surface area contributed by atoms with E-state index in [0.717, 1.165) is 11.1 Å². The van der Waals surface area contributed by atoms with E-state index in [-0.39, 0.29) is 11.4 Å². The van der Waals surface area contributed by atoms with Crippen LogP contribution < -0.4 is 4.31 Å². The van der Waals surface area contributed by atoms with Crippen molar-refractivity contribution in [2.24, 2.45) is 0 Å². The van der Waals surface area contributed by atoms with Gasteiger partial charge in [-0.1, -0.05) is 48.4 Å². The molecule has 0 radical (unpaired) electrons. The van der Waals surface area contributed by atoms with Crippen molar-refractivity contribution in [1.29, 1.82) is 0 Å². The van der Waals surface area contributed by atoms with Crippen LogP contribution >= 0.6 is 11.6 Å². The molecule has 30 heavy (non-hydrogen) atoms. The van der Waals surface area contributed by atoms with E-state index in [1.165, 1.54) is 4.31 Å². The molecule has 0 aliphatic rings. The van der Waals surface area contributed by atoms with Gasteiger partial charge < -0.3 is 0 Å². The summed E-state index contributed by atoms with van der Waals surface area (Å²) in [6, 6.07) is 17.8. The van der Waals surface area contributed by atoms with Gasteiger partial charge in [-0.3, -0.25) is 8.71 Å². The summed E-state index contributed by atoms with van der Waals surface area (Å²) >= 11 is 6.04. The van der Waals surface area contributed by atoms with Crippen LogP contribution in [0.25, 0.3) is 5.65 Å². The van der Waals surface area contributed by atoms with Crippen LogP contribution in [0.5, 0.6) is 0 Å². The van der Waals surface area contributed by atoms with Gasteiger partial charge in [0.25, 0.3) is 10.0 Å². The van der Waals surface area contributed by atoms with Crippen molar-refractivity contribution in [2.45, 2.75) is 31.7 Å². The predicted octanol–water partition coefficient (Wildman–Crippen LogP) is 4.65. The first-order chi connectivity index (χ1) is 14.4. The van der Waals surface area contributed by atoms with E-state index in [9.17, 15) is 8.42 Å². The van der Waals surface area contributed by atoms with Gasteiger partial charge >= 0.3 is 0 Å². The summed E-state index contributed by atoms with van der Waals surface area (Å²) in [6.45, 7) is 4.12. The smallest absolute Gasteiger partial charge is 0.268 e. The Kier molecular flexibility index (Phi) is 5.49. The molecule has 0 bridgehead atoms. The van der Waals surface area contributed by atoms with Crippen molar-refractivity contribution in [2.75, 3.05) is 4.31 Å². The van der Waals surface area contributed by atoms with Gasteiger partial charge in [0.2, 0.25) is 0 Å². The van der Waals surface area contributed by atoms with Crippen molar-refractivity contribution < 1.29 is 8.42 Å². The molecular formula is C22H21ClN4O2S. The number of aromatic nitrogens is 3. The number of hydrogen-bond acceptors (Lipinski definition) is 4. The van der Waals surface area contributed by atoms with Gasteiger partial charge in [-0.15, -0.1) is 10.2 Å². The normalized spacial score (nSPS) is 11.7. The lowest BCUT2D eigenvalue weighted by Crippen LogP contribution is -2.31. The molecule has 0 aliphatic heterocycles. The molecule has 0 saturated carbocycles. The second-order valence-electron chi connectivity index (χ2n) is 7.01. The fourth-order valence-corrected chi connectivity index (χ4v) is 5.10. The molecule has 0 aliphatic carbocycles. The number of pyridine rings is 1. The molecule has 4 aromatic rings. The van der Waals surface area contributed by atoms with Crippen LogP contribution in [0.4, 0.5) is 5.69 Å². The minimum Gasteiger partial charge on any atom is -0.285 e. The van der Waals surface area contributed by atoms with Crippen LogP contribution in [0.3, 0.4) is 0 Å². The first kappa shape index (κ1) is 20.4. The Morgan fingerprint density at radius 1 is 1.03 bits per heavy atom. The van der Waals surface area contributed by atoms with Crippen LogP contribution in [0, 0.1) is 6.92 Å². The van der Waals surface area contributed by atoms with Crippen molar-refractivity contribution in [3.63, 3.8) is 0 Å². The number of sulfonamides is 1. The number of aryl methyl sites for hydroxylation is 2. The van der Waals surface area contributed by atoms with Gasteiger partial charge in [-0.05, 0) is 48.9 Å². The van der Waals surface area contributed by atoms with E-state index in [2.05, 4.69) is 10.2 Å². The zero-order chi connectivity index (χ0) is 21.3. The van der Waals surface area contributed by atoms with E-state index in [1.807, 2.05) is 38.1 Å². The van der Waals surface area contributed by atoms with E-state index in [0.29, 0.717) is 28.6 Å². The van der Waals surface area contributed by atoms with Crippen molar-refractivity contribution in [3.8, 4) is 0 Å². The van der Waals surface area contributed by atoms with Crippen LogP contribution in [0.2, 0.25) is 5.02 Å². The van der Waals surface area contributed by atoms with Crippen molar-refractivity contribution in [1.82, 2.24) is 14.6 Å². The van der Waals surface area contributed by atoms with E-state index >= 15 is 0 Å². The predicted molar refractivity (Wildman–Crippen MR) is 118 cm³/mol. The Morgan fingerprint density at radius 3 is 2.50 bits per heavy atom. The molecule has 2 aromatic carbocycles. The highest BCUT2D eigenvalue weighted by Crippen LogP contribution is 2.29. The summed E-state index contributed by atoms with van der Waals surface area (Å²) in [4.78, 5) is 0.111.